The minimum absolute atomic E-state index is 0.103. The highest BCUT2D eigenvalue weighted by Gasteiger charge is 2.24. The van der Waals surface area contributed by atoms with Crippen molar-refractivity contribution in [2.75, 3.05) is 18.0 Å². The molecule has 1 aliphatic heterocycles. The van der Waals surface area contributed by atoms with Crippen LogP contribution in [0.15, 0.2) is 6.20 Å². The summed E-state index contributed by atoms with van der Waals surface area (Å²) in [4.78, 5) is 7.63. The second-order valence-electron chi connectivity index (χ2n) is 3.93. The van der Waals surface area contributed by atoms with Crippen LogP contribution in [-0.4, -0.2) is 33.7 Å². The normalized spacial score (nSPS) is 27.0. The van der Waals surface area contributed by atoms with Gasteiger partial charge < -0.3 is 10.0 Å². The molecule has 1 N–H and O–H groups in total. The molecule has 1 fully saturated rings. The van der Waals surface area contributed by atoms with Crippen LogP contribution < -0.4 is 4.90 Å². The minimum Gasteiger partial charge on any atom is -0.391 e. The smallest absolute Gasteiger partial charge is 0.185 e. The van der Waals surface area contributed by atoms with E-state index in [1.54, 1.807) is 17.5 Å². The fourth-order valence-electron chi connectivity index (χ4n) is 1.85. The summed E-state index contributed by atoms with van der Waals surface area (Å²) < 4.78 is 0. The van der Waals surface area contributed by atoms with Gasteiger partial charge in [-0.2, -0.15) is 11.8 Å². The van der Waals surface area contributed by atoms with Crippen molar-refractivity contribution in [3.8, 4) is 0 Å². The summed E-state index contributed by atoms with van der Waals surface area (Å²) >= 11 is 3.64. The molecule has 1 aromatic heterocycles. The summed E-state index contributed by atoms with van der Waals surface area (Å²) in [5.74, 6) is 0. The van der Waals surface area contributed by atoms with Gasteiger partial charge in [-0.3, -0.25) is 0 Å². The molecule has 2 atom stereocenters. The Hall–Kier alpha value is -0.260. The molecular formula is C10H16N2OS2. The molecule has 3 nitrogen and oxygen atoms in total. The Morgan fingerprint density at radius 2 is 2.13 bits per heavy atom. The van der Waals surface area contributed by atoms with Crippen molar-refractivity contribution in [1.82, 2.24) is 4.98 Å². The molecule has 0 saturated carbocycles. The molecule has 0 aromatic carbocycles. The molecule has 1 saturated heterocycles. The van der Waals surface area contributed by atoms with E-state index in [0.717, 1.165) is 23.1 Å². The molecule has 0 spiro atoms. The van der Waals surface area contributed by atoms with Crippen LogP contribution in [0.1, 0.15) is 18.7 Å². The zero-order valence-corrected chi connectivity index (χ0v) is 10.6. The zero-order chi connectivity index (χ0) is 10.8. The van der Waals surface area contributed by atoms with Gasteiger partial charge in [0.2, 0.25) is 0 Å². The number of rotatable bonds is 2. The molecule has 2 unspecified atom stereocenters. The van der Waals surface area contributed by atoms with Gasteiger partial charge in [-0.15, -0.1) is 0 Å². The quantitative estimate of drug-likeness (QED) is 0.863. The Bertz CT molecular complexity index is 319. The van der Waals surface area contributed by atoms with Gasteiger partial charge in [-0.05, 0) is 0 Å². The Morgan fingerprint density at radius 3 is 2.67 bits per heavy atom. The first-order chi connectivity index (χ1) is 7.19. The summed E-state index contributed by atoms with van der Waals surface area (Å²) in [5, 5.41) is 11.4. The third-order valence-corrected chi connectivity index (χ3v) is 4.66. The fourth-order valence-corrected chi connectivity index (χ4v) is 3.96. The lowest BCUT2D eigenvalue weighted by Crippen LogP contribution is -2.40. The van der Waals surface area contributed by atoms with E-state index < -0.39 is 0 Å². The maximum Gasteiger partial charge on any atom is 0.185 e. The predicted octanol–water partition coefficient (Wildman–Crippen LogP) is 1.97. The first kappa shape index (κ1) is 11.2. The molecule has 5 heteroatoms. The molecule has 1 aromatic rings. The van der Waals surface area contributed by atoms with Crippen molar-refractivity contribution in [2.24, 2.45) is 0 Å². The molecule has 0 amide bonds. The van der Waals surface area contributed by atoms with E-state index in [-0.39, 0.29) is 6.61 Å². The lowest BCUT2D eigenvalue weighted by Gasteiger charge is -2.34. The third kappa shape index (κ3) is 2.65. The predicted molar refractivity (Wildman–Crippen MR) is 66.8 cm³/mol. The second kappa shape index (κ2) is 4.72. The topological polar surface area (TPSA) is 36.4 Å². The lowest BCUT2D eigenvalue weighted by molar-refractivity contribution is 0.285. The Kier molecular flexibility index (Phi) is 3.53. The van der Waals surface area contributed by atoms with E-state index in [4.69, 9.17) is 5.11 Å². The van der Waals surface area contributed by atoms with E-state index in [1.165, 1.54) is 0 Å². The van der Waals surface area contributed by atoms with Gasteiger partial charge in [0.05, 0.1) is 11.5 Å². The van der Waals surface area contributed by atoms with E-state index in [9.17, 15) is 0 Å². The summed E-state index contributed by atoms with van der Waals surface area (Å²) in [5.41, 5.74) is 0. The van der Waals surface area contributed by atoms with Gasteiger partial charge >= 0.3 is 0 Å². The standard InChI is InChI=1S/C10H16N2OS2/c1-7-4-12(5-8(2)14-7)10-11-3-9(6-13)15-10/h3,7-8,13H,4-6H2,1-2H3. The number of hydrogen-bond acceptors (Lipinski definition) is 5. The van der Waals surface area contributed by atoms with Crippen molar-refractivity contribution in [3.05, 3.63) is 11.1 Å². The largest absolute Gasteiger partial charge is 0.391 e. The van der Waals surface area contributed by atoms with Crippen molar-refractivity contribution < 1.29 is 5.11 Å². The lowest BCUT2D eigenvalue weighted by atomic mass is 10.3. The number of anilines is 1. The number of aliphatic hydroxyl groups excluding tert-OH is 1. The van der Waals surface area contributed by atoms with Gasteiger partial charge in [0.25, 0.3) is 0 Å². The highest BCUT2D eigenvalue weighted by Crippen LogP contribution is 2.30. The SMILES string of the molecule is CC1CN(c2ncc(CO)s2)CC(C)S1. The van der Waals surface area contributed by atoms with Gasteiger partial charge in [-0.1, -0.05) is 25.2 Å². The van der Waals surface area contributed by atoms with Crippen molar-refractivity contribution >= 4 is 28.2 Å². The van der Waals surface area contributed by atoms with Gasteiger partial charge in [0, 0.05) is 29.8 Å². The van der Waals surface area contributed by atoms with Crippen LogP contribution in [0.2, 0.25) is 0 Å². The van der Waals surface area contributed by atoms with Crippen LogP contribution in [0, 0.1) is 0 Å². The van der Waals surface area contributed by atoms with Gasteiger partial charge in [0.1, 0.15) is 0 Å². The second-order valence-corrected chi connectivity index (χ2v) is 6.90. The minimum atomic E-state index is 0.103. The monoisotopic (exact) mass is 244 g/mol. The molecule has 1 aliphatic rings. The number of nitrogens with zero attached hydrogens (tertiary/aromatic N) is 2. The Morgan fingerprint density at radius 1 is 1.47 bits per heavy atom. The number of thiazole rings is 1. The summed E-state index contributed by atoms with van der Waals surface area (Å²) in [6.07, 6.45) is 1.77. The van der Waals surface area contributed by atoms with Crippen LogP contribution >= 0.6 is 23.1 Å². The first-order valence-corrected chi connectivity index (χ1v) is 6.91. The van der Waals surface area contributed by atoms with Crippen molar-refractivity contribution in [1.29, 1.82) is 0 Å². The highest BCUT2D eigenvalue weighted by molar-refractivity contribution is 8.00. The zero-order valence-electron chi connectivity index (χ0n) is 9.01. The maximum absolute atomic E-state index is 9.00. The third-order valence-electron chi connectivity index (χ3n) is 2.39. The number of aliphatic hydroxyl groups is 1. The van der Waals surface area contributed by atoms with Crippen LogP contribution in [0.5, 0.6) is 0 Å². The molecule has 2 rings (SSSR count). The first-order valence-electron chi connectivity index (χ1n) is 5.15. The molecule has 0 bridgehead atoms. The number of thioether (sulfide) groups is 1. The highest BCUT2D eigenvalue weighted by atomic mass is 32.2. The molecule has 84 valence electrons. The maximum atomic E-state index is 9.00. The summed E-state index contributed by atoms with van der Waals surface area (Å²) in [7, 11) is 0. The summed E-state index contributed by atoms with van der Waals surface area (Å²) in [6.45, 7) is 6.74. The molecule has 0 aliphatic carbocycles. The average molecular weight is 244 g/mol. The number of aromatic nitrogens is 1. The van der Waals surface area contributed by atoms with E-state index in [2.05, 4.69) is 23.7 Å². The van der Waals surface area contributed by atoms with Gasteiger partial charge in [0.15, 0.2) is 5.13 Å². The molecule has 15 heavy (non-hydrogen) atoms. The van der Waals surface area contributed by atoms with Gasteiger partial charge in [-0.25, -0.2) is 4.98 Å². The van der Waals surface area contributed by atoms with E-state index in [0.29, 0.717) is 10.5 Å². The molecular weight excluding hydrogens is 228 g/mol. The Labute approximate surface area is 98.5 Å². The average Bonchev–Trinajstić information content (AvgIpc) is 2.64. The van der Waals surface area contributed by atoms with Crippen LogP contribution in [0.4, 0.5) is 5.13 Å². The summed E-state index contributed by atoms with van der Waals surface area (Å²) in [6, 6.07) is 0. The molecule has 0 radical (unpaired) electrons. The van der Waals surface area contributed by atoms with Crippen LogP contribution in [0.3, 0.4) is 0 Å². The van der Waals surface area contributed by atoms with Crippen molar-refractivity contribution in [3.63, 3.8) is 0 Å². The Balaban J connectivity index is 2.09. The van der Waals surface area contributed by atoms with E-state index in [1.807, 2.05) is 11.8 Å². The fraction of sp³-hybridized carbons (Fsp3) is 0.700. The van der Waals surface area contributed by atoms with Crippen LogP contribution in [-0.2, 0) is 6.61 Å². The van der Waals surface area contributed by atoms with Crippen molar-refractivity contribution in [2.45, 2.75) is 31.0 Å². The molecule has 2 heterocycles. The number of hydrogen-bond donors (Lipinski definition) is 1. The van der Waals surface area contributed by atoms with E-state index >= 15 is 0 Å². The van der Waals surface area contributed by atoms with Crippen LogP contribution in [0.25, 0.3) is 0 Å².